The third-order valence-electron chi connectivity index (χ3n) is 6.95. The molecule has 0 fully saturated rings. The summed E-state index contributed by atoms with van der Waals surface area (Å²) in [7, 11) is 0. The number of hydrogen-bond donors (Lipinski definition) is 2. The van der Waals surface area contributed by atoms with Crippen LogP contribution < -0.4 is 5.73 Å². The molecule has 0 aromatic carbocycles. The molecule has 5 heteroatoms. The summed E-state index contributed by atoms with van der Waals surface area (Å²) in [4.78, 5) is 15.7. The van der Waals surface area contributed by atoms with Crippen LogP contribution in [0.3, 0.4) is 0 Å². The lowest BCUT2D eigenvalue weighted by Gasteiger charge is -2.30. The number of quaternary nitrogens is 1. The van der Waals surface area contributed by atoms with Crippen molar-refractivity contribution in [1.82, 2.24) is 0 Å². The van der Waals surface area contributed by atoms with E-state index in [2.05, 4.69) is 24.1 Å². The first-order valence-electron chi connectivity index (χ1n) is 14.3. The number of aliphatic imine (C=N–C) groups is 1. The van der Waals surface area contributed by atoms with Crippen molar-refractivity contribution in [2.24, 2.45) is 10.7 Å². The van der Waals surface area contributed by atoms with E-state index in [1.807, 2.05) is 6.20 Å². The maximum absolute atomic E-state index is 11.3. The summed E-state index contributed by atoms with van der Waals surface area (Å²) in [6, 6.07) is 0. The van der Waals surface area contributed by atoms with Crippen LogP contribution in [-0.4, -0.2) is 41.0 Å². The van der Waals surface area contributed by atoms with Crippen LogP contribution in [0.2, 0.25) is 0 Å². The largest absolute Gasteiger partial charge is 0.477 e. The second-order valence-corrected chi connectivity index (χ2v) is 10.0. The molecule has 0 saturated heterocycles. The van der Waals surface area contributed by atoms with Crippen molar-refractivity contribution in [2.75, 3.05) is 19.6 Å². The van der Waals surface area contributed by atoms with Gasteiger partial charge in [0.25, 0.3) is 0 Å². The predicted molar refractivity (Wildman–Crippen MR) is 146 cm³/mol. The van der Waals surface area contributed by atoms with Crippen LogP contribution in [0.5, 0.6) is 0 Å². The van der Waals surface area contributed by atoms with E-state index < -0.39 is 5.97 Å². The lowest BCUT2D eigenvalue weighted by atomic mass is 10.0. The van der Waals surface area contributed by atoms with Crippen molar-refractivity contribution in [3.8, 4) is 0 Å². The number of carboxylic acid groups (broad SMARTS) is 1. The zero-order chi connectivity index (χ0) is 24.7. The molecule has 0 aromatic heterocycles. The number of rotatable bonds is 24. The highest BCUT2D eigenvalue weighted by Crippen LogP contribution is 2.21. The lowest BCUT2D eigenvalue weighted by Crippen LogP contribution is -2.52. The highest BCUT2D eigenvalue weighted by atomic mass is 16.4. The lowest BCUT2D eigenvalue weighted by molar-refractivity contribution is -0.778. The Morgan fingerprint density at radius 3 is 1.85 bits per heavy atom. The molecule has 196 valence electrons. The maximum atomic E-state index is 11.3. The van der Waals surface area contributed by atoms with Gasteiger partial charge >= 0.3 is 5.97 Å². The minimum absolute atomic E-state index is 0.0382. The Bertz CT molecular complexity index is 600. The fourth-order valence-corrected chi connectivity index (χ4v) is 4.87. The second-order valence-electron chi connectivity index (χ2n) is 10.0. The molecule has 0 amide bonds. The molecule has 1 atom stereocenters. The molecule has 3 N–H and O–H groups in total. The molecule has 0 bridgehead atoms. The molecule has 0 aliphatic carbocycles. The van der Waals surface area contributed by atoms with E-state index in [9.17, 15) is 9.90 Å². The quantitative estimate of drug-likeness (QED) is 0.0850. The van der Waals surface area contributed by atoms with Crippen LogP contribution in [0.25, 0.3) is 0 Å². The van der Waals surface area contributed by atoms with E-state index in [1.54, 1.807) is 6.20 Å². The molecule has 1 aliphatic rings. The number of aliphatic carboxylic acids is 1. The monoisotopic (exact) mass is 476 g/mol. The average Bonchev–Trinajstić information content (AvgIpc) is 3.19. The Morgan fingerprint density at radius 2 is 1.35 bits per heavy atom. The maximum Gasteiger partial charge on any atom is 0.360 e. The summed E-state index contributed by atoms with van der Waals surface area (Å²) in [6.07, 6.45) is 33.2. The van der Waals surface area contributed by atoms with Gasteiger partial charge in [0.05, 0.1) is 6.20 Å². The van der Waals surface area contributed by atoms with Gasteiger partial charge in [0.1, 0.15) is 12.7 Å². The van der Waals surface area contributed by atoms with E-state index >= 15 is 0 Å². The second kappa shape index (κ2) is 20.9. The third-order valence-corrected chi connectivity index (χ3v) is 6.95. The van der Waals surface area contributed by atoms with Gasteiger partial charge < -0.3 is 10.8 Å². The van der Waals surface area contributed by atoms with Crippen LogP contribution in [0.1, 0.15) is 129 Å². The van der Waals surface area contributed by atoms with Gasteiger partial charge in [-0.25, -0.2) is 14.3 Å². The summed E-state index contributed by atoms with van der Waals surface area (Å²) in [6.45, 7) is 3.39. The van der Waals surface area contributed by atoms with E-state index in [0.29, 0.717) is 17.6 Å². The van der Waals surface area contributed by atoms with E-state index in [0.717, 1.165) is 18.7 Å². The summed E-state index contributed by atoms with van der Waals surface area (Å²) in [5.74, 6) is 0.151. The SMILES string of the molecule is CCCCCCCCCCCCCC/C=C/CCCCCCC1=NC=C[N+]1(CCN)CC(=O)O. The number of hydrogen-bond acceptors (Lipinski definition) is 3. The fourth-order valence-electron chi connectivity index (χ4n) is 4.87. The van der Waals surface area contributed by atoms with Crippen molar-refractivity contribution in [2.45, 2.75) is 129 Å². The number of allylic oxidation sites excluding steroid dienone is 2. The number of nitrogens with zero attached hydrogens (tertiary/aromatic N) is 2. The highest BCUT2D eigenvalue weighted by Gasteiger charge is 2.36. The summed E-state index contributed by atoms with van der Waals surface area (Å²) < 4.78 is 0.299. The first-order chi connectivity index (χ1) is 16.6. The van der Waals surface area contributed by atoms with Gasteiger partial charge in [-0.2, -0.15) is 0 Å². The number of carboxylic acids is 1. The van der Waals surface area contributed by atoms with E-state index in [-0.39, 0.29) is 6.54 Å². The first kappa shape index (κ1) is 30.6. The van der Waals surface area contributed by atoms with Gasteiger partial charge in [-0.3, -0.25) is 0 Å². The molecular formula is C29H54N3O2+. The highest BCUT2D eigenvalue weighted by molar-refractivity contribution is 5.81. The van der Waals surface area contributed by atoms with Crippen LogP contribution in [0.15, 0.2) is 29.5 Å². The van der Waals surface area contributed by atoms with Crippen LogP contribution in [0, 0.1) is 0 Å². The zero-order valence-corrected chi connectivity index (χ0v) is 22.2. The van der Waals surface area contributed by atoms with Crippen molar-refractivity contribution < 1.29 is 14.4 Å². The van der Waals surface area contributed by atoms with Crippen LogP contribution >= 0.6 is 0 Å². The standard InChI is InChI=1S/C29H53N3O2/c1-2-3-4-5-6-7-8-9-10-11-12-13-14-15-16-17-18-19-20-21-22-28-31-24-26-32(28,25-23-30)27-29(33)34/h15-16,24,26H,2-14,17-23,25,27,30H2,1H3/p+1/b16-15+. The van der Waals surface area contributed by atoms with Crippen molar-refractivity contribution in [1.29, 1.82) is 0 Å². The molecule has 0 radical (unpaired) electrons. The molecule has 1 aliphatic heterocycles. The number of nitrogens with two attached hydrogens (primary N) is 1. The average molecular weight is 477 g/mol. The predicted octanol–water partition coefficient (Wildman–Crippen LogP) is 7.72. The Morgan fingerprint density at radius 1 is 0.853 bits per heavy atom. The first-order valence-corrected chi connectivity index (χ1v) is 14.3. The van der Waals surface area contributed by atoms with E-state index in [1.165, 1.54) is 109 Å². The topological polar surface area (TPSA) is 75.7 Å². The zero-order valence-electron chi connectivity index (χ0n) is 22.2. The Kier molecular flexibility index (Phi) is 18.8. The van der Waals surface area contributed by atoms with E-state index in [4.69, 9.17) is 5.73 Å². The Labute approximate surface area is 210 Å². The number of carbonyl (C=O) groups is 1. The molecular weight excluding hydrogens is 422 g/mol. The van der Waals surface area contributed by atoms with Crippen LogP contribution in [0.4, 0.5) is 0 Å². The molecule has 1 unspecified atom stereocenters. The minimum atomic E-state index is -0.803. The molecule has 5 nitrogen and oxygen atoms in total. The van der Waals surface area contributed by atoms with Gasteiger partial charge in [-0.05, 0) is 32.1 Å². The number of amidine groups is 1. The summed E-state index contributed by atoms with van der Waals surface area (Å²) >= 11 is 0. The van der Waals surface area contributed by atoms with Gasteiger partial charge in [0.2, 0.25) is 5.84 Å². The molecule has 0 spiro atoms. The molecule has 34 heavy (non-hydrogen) atoms. The van der Waals surface area contributed by atoms with Crippen molar-refractivity contribution in [3.05, 3.63) is 24.6 Å². The third kappa shape index (κ3) is 14.7. The molecule has 1 heterocycles. The van der Waals surface area contributed by atoms with Crippen LogP contribution in [-0.2, 0) is 4.79 Å². The number of unbranched alkanes of at least 4 members (excludes halogenated alkanes) is 16. The Balaban J connectivity index is 1.92. The molecule has 0 aromatic rings. The van der Waals surface area contributed by atoms with Gasteiger partial charge in [0.15, 0.2) is 6.54 Å². The summed E-state index contributed by atoms with van der Waals surface area (Å²) in [5, 5.41) is 9.27. The van der Waals surface area contributed by atoms with Gasteiger partial charge in [-0.1, -0.05) is 103 Å². The normalized spacial score (nSPS) is 17.6. The van der Waals surface area contributed by atoms with Crippen molar-refractivity contribution >= 4 is 11.8 Å². The van der Waals surface area contributed by atoms with Gasteiger partial charge in [0, 0.05) is 13.0 Å². The Hall–Kier alpha value is -1.46. The fraction of sp³-hybridized carbons (Fsp3) is 0.793. The summed E-state index contributed by atoms with van der Waals surface area (Å²) in [5.41, 5.74) is 5.73. The smallest absolute Gasteiger partial charge is 0.360 e. The minimum Gasteiger partial charge on any atom is -0.477 e. The molecule has 1 rings (SSSR count). The molecule has 0 saturated carbocycles. The van der Waals surface area contributed by atoms with Gasteiger partial charge in [-0.15, -0.1) is 0 Å². The van der Waals surface area contributed by atoms with Crippen molar-refractivity contribution in [3.63, 3.8) is 0 Å².